The highest BCUT2D eigenvalue weighted by atomic mass is 32.3. The van der Waals surface area contributed by atoms with Crippen molar-refractivity contribution in [3.63, 3.8) is 0 Å². The number of hydrogen-bond donors (Lipinski definition) is 1. The zero-order valence-electron chi connectivity index (χ0n) is 9.59. The lowest BCUT2D eigenvalue weighted by Crippen LogP contribution is -2.40. The molecular formula is C9H8F3NO5S2. The van der Waals surface area contributed by atoms with E-state index in [9.17, 15) is 30.0 Å². The largest absolute Gasteiger partial charge is 0.512 e. The van der Waals surface area contributed by atoms with E-state index in [2.05, 4.69) is 0 Å². The van der Waals surface area contributed by atoms with Gasteiger partial charge in [0, 0.05) is 0 Å². The molecule has 1 fully saturated rings. The van der Waals surface area contributed by atoms with Crippen molar-refractivity contribution in [1.82, 2.24) is 4.13 Å². The van der Waals surface area contributed by atoms with Crippen molar-refractivity contribution in [3.8, 4) is 0 Å². The minimum absolute atomic E-state index is 0.315. The summed E-state index contributed by atoms with van der Waals surface area (Å²) in [5.74, 6) is 0. The van der Waals surface area contributed by atoms with E-state index in [0.29, 0.717) is 16.3 Å². The Morgan fingerprint density at radius 2 is 1.80 bits per heavy atom. The lowest BCUT2D eigenvalue weighted by Gasteiger charge is -2.10. The molecule has 1 unspecified atom stereocenters. The summed E-state index contributed by atoms with van der Waals surface area (Å²) in [4.78, 5) is -0.585. The number of epoxide rings is 1. The zero-order valence-corrected chi connectivity index (χ0v) is 11.2. The summed E-state index contributed by atoms with van der Waals surface area (Å²) in [6.45, 7) is 0.373. The number of ether oxygens (including phenoxy) is 1. The van der Waals surface area contributed by atoms with E-state index < -0.39 is 30.5 Å². The Bertz CT molecular complexity index is 722. The van der Waals surface area contributed by atoms with Gasteiger partial charge in [0.15, 0.2) is 0 Å². The number of sulfonamides is 2. The summed E-state index contributed by atoms with van der Waals surface area (Å²) in [7, 11) is -10.8. The minimum Gasteiger partial charge on any atom is -0.368 e. The van der Waals surface area contributed by atoms with Crippen molar-refractivity contribution in [1.29, 1.82) is 0 Å². The number of hydrogen-bond acceptors (Lipinski definition) is 5. The highest BCUT2D eigenvalue weighted by Crippen LogP contribution is 2.31. The Hall–Kier alpha value is -1.17. The first-order chi connectivity index (χ1) is 9.03. The van der Waals surface area contributed by atoms with Gasteiger partial charge in [-0.1, -0.05) is 16.3 Å². The van der Waals surface area contributed by atoms with Gasteiger partial charge in [0.25, 0.3) is 10.0 Å². The molecule has 1 aromatic rings. The normalized spacial score (nSPS) is 19.9. The third-order valence-electron chi connectivity index (χ3n) is 2.40. The fraction of sp³-hybridized carbons (Fsp3) is 0.333. The predicted molar refractivity (Wildman–Crippen MR) is 60.4 cm³/mol. The molecule has 0 amide bonds. The lowest BCUT2D eigenvalue weighted by atomic mass is 10.2. The van der Waals surface area contributed by atoms with Crippen LogP contribution in [0.2, 0.25) is 0 Å². The van der Waals surface area contributed by atoms with Crippen LogP contribution in [0.25, 0.3) is 0 Å². The van der Waals surface area contributed by atoms with E-state index in [4.69, 9.17) is 4.74 Å². The van der Waals surface area contributed by atoms with Gasteiger partial charge < -0.3 is 4.74 Å². The van der Waals surface area contributed by atoms with Crippen LogP contribution in [-0.4, -0.2) is 29.0 Å². The van der Waals surface area contributed by atoms with Gasteiger partial charge in [-0.3, -0.25) is 0 Å². The maximum atomic E-state index is 12.2. The second-order valence-electron chi connectivity index (χ2n) is 3.93. The molecule has 0 bridgehead atoms. The van der Waals surface area contributed by atoms with Gasteiger partial charge in [-0.05, 0) is 17.7 Å². The summed E-state index contributed by atoms with van der Waals surface area (Å²) in [5, 5.41) is 0. The van der Waals surface area contributed by atoms with Gasteiger partial charge in [0.05, 0.1) is 11.5 Å². The summed E-state index contributed by atoms with van der Waals surface area (Å²) in [6.07, 6.45) is -0.315. The average molecular weight is 331 g/mol. The molecule has 0 spiro atoms. The van der Waals surface area contributed by atoms with Crippen molar-refractivity contribution >= 4 is 20.0 Å². The second-order valence-corrected chi connectivity index (χ2v) is 7.55. The molecule has 0 radical (unpaired) electrons. The topological polar surface area (TPSA) is 92.8 Å². The van der Waals surface area contributed by atoms with Gasteiger partial charge in [0.1, 0.15) is 6.10 Å². The Morgan fingerprint density at radius 1 is 1.20 bits per heavy atom. The van der Waals surface area contributed by atoms with Gasteiger partial charge in [-0.15, -0.1) is 0 Å². The predicted octanol–water partition coefficient (Wildman–Crippen LogP) is 0.886. The lowest BCUT2D eigenvalue weighted by molar-refractivity contribution is -0.0441. The van der Waals surface area contributed by atoms with Crippen LogP contribution in [0, 0.1) is 0 Å². The summed E-state index contributed by atoms with van der Waals surface area (Å²) in [5.41, 5.74) is -5.27. The fourth-order valence-electron chi connectivity index (χ4n) is 1.36. The molecular weight excluding hydrogens is 323 g/mol. The van der Waals surface area contributed by atoms with Crippen molar-refractivity contribution < 1.29 is 34.7 Å². The monoisotopic (exact) mass is 331 g/mol. The molecule has 1 atom stereocenters. The van der Waals surface area contributed by atoms with Crippen LogP contribution in [0.15, 0.2) is 29.2 Å². The highest BCUT2D eigenvalue weighted by Gasteiger charge is 2.48. The van der Waals surface area contributed by atoms with Crippen LogP contribution in [0.4, 0.5) is 13.2 Å². The summed E-state index contributed by atoms with van der Waals surface area (Å²) in [6, 6.07) is 4.85. The molecule has 0 saturated carbocycles. The third kappa shape index (κ3) is 3.11. The molecule has 1 aliphatic rings. The van der Waals surface area contributed by atoms with Crippen LogP contribution in [0.3, 0.4) is 0 Å². The second kappa shape index (κ2) is 4.69. The summed E-state index contributed by atoms with van der Waals surface area (Å²) >= 11 is 0. The first-order valence-corrected chi connectivity index (χ1v) is 8.06. The number of nitrogens with one attached hydrogen (secondary N) is 1. The van der Waals surface area contributed by atoms with Crippen LogP contribution < -0.4 is 4.13 Å². The van der Waals surface area contributed by atoms with Crippen molar-refractivity contribution in [3.05, 3.63) is 29.8 Å². The van der Waals surface area contributed by atoms with Crippen molar-refractivity contribution in [2.75, 3.05) is 6.61 Å². The molecule has 1 aromatic carbocycles. The summed E-state index contributed by atoms with van der Waals surface area (Å²) < 4.78 is 87.0. The van der Waals surface area contributed by atoms with E-state index in [1.54, 1.807) is 0 Å². The molecule has 20 heavy (non-hydrogen) atoms. The van der Waals surface area contributed by atoms with E-state index in [0.717, 1.165) is 12.1 Å². The number of halogens is 3. The minimum atomic E-state index is -5.99. The smallest absolute Gasteiger partial charge is 0.368 e. The first-order valence-electron chi connectivity index (χ1n) is 5.09. The van der Waals surface area contributed by atoms with Gasteiger partial charge >= 0.3 is 15.5 Å². The third-order valence-corrected chi connectivity index (χ3v) is 5.64. The molecule has 6 nitrogen and oxygen atoms in total. The fourth-order valence-corrected chi connectivity index (χ4v) is 3.83. The number of rotatable bonds is 4. The van der Waals surface area contributed by atoms with Crippen molar-refractivity contribution in [2.24, 2.45) is 0 Å². The molecule has 2 rings (SSSR count). The maximum Gasteiger partial charge on any atom is 0.512 e. The van der Waals surface area contributed by atoms with Crippen LogP contribution in [0.5, 0.6) is 0 Å². The van der Waals surface area contributed by atoms with Gasteiger partial charge in [0.2, 0.25) is 0 Å². The Labute approximate surface area is 112 Å². The van der Waals surface area contributed by atoms with Crippen molar-refractivity contribution in [2.45, 2.75) is 16.5 Å². The van der Waals surface area contributed by atoms with E-state index in [1.807, 2.05) is 0 Å². The van der Waals surface area contributed by atoms with E-state index in [-0.39, 0.29) is 6.10 Å². The first kappa shape index (κ1) is 15.2. The van der Waals surface area contributed by atoms with E-state index in [1.165, 1.54) is 12.1 Å². The Balaban J connectivity index is 2.34. The van der Waals surface area contributed by atoms with Crippen LogP contribution in [-0.2, 0) is 24.8 Å². The molecule has 1 saturated heterocycles. The standard InChI is InChI=1S/C9H8F3NO5S2/c10-9(11,12)20(16,17)13-19(14,15)7-3-1-2-6(4-7)8-5-18-8/h1-4,8,13H,5H2. The SMILES string of the molecule is O=S(=O)(NS(=O)(=O)C(F)(F)F)c1cccc(C2CO2)c1. The molecule has 0 aromatic heterocycles. The molecule has 112 valence electrons. The van der Waals surface area contributed by atoms with Crippen LogP contribution in [0.1, 0.15) is 11.7 Å². The van der Waals surface area contributed by atoms with Gasteiger partial charge in [-0.25, -0.2) is 16.8 Å². The zero-order chi connectivity index (χ0) is 15.2. The Morgan fingerprint density at radius 3 is 2.30 bits per heavy atom. The number of alkyl halides is 3. The molecule has 1 heterocycles. The number of benzene rings is 1. The highest BCUT2D eigenvalue weighted by molar-refractivity contribution is 8.05. The molecule has 0 aliphatic carbocycles. The average Bonchev–Trinajstić information content (AvgIpc) is 3.10. The maximum absolute atomic E-state index is 12.2. The Kier molecular flexibility index (Phi) is 3.57. The molecule has 1 aliphatic heterocycles. The van der Waals surface area contributed by atoms with Crippen LogP contribution >= 0.6 is 0 Å². The van der Waals surface area contributed by atoms with E-state index >= 15 is 0 Å². The molecule has 1 N–H and O–H groups in total. The molecule has 11 heteroatoms. The van der Waals surface area contributed by atoms with Gasteiger partial charge in [-0.2, -0.15) is 13.2 Å². The quantitative estimate of drug-likeness (QED) is 0.827.